The quantitative estimate of drug-likeness (QED) is 0.865. The summed E-state index contributed by atoms with van der Waals surface area (Å²) in [6.07, 6.45) is 0.617. The van der Waals surface area contributed by atoms with Gasteiger partial charge >= 0.3 is 0 Å². The highest BCUT2D eigenvalue weighted by atomic mass is 79.9. The normalized spacial score (nSPS) is 14.8. The van der Waals surface area contributed by atoms with Crippen molar-refractivity contribution in [2.45, 2.75) is 19.8 Å². The topological polar surface area (TPSA) is 83.4 Å². The van der Waals surface area contributed by atoms with Crippen molar-refractivity contribution >= 4 is 39.3 Å². The average molecular weight is 311 g/mol. The molecule has 1 aliphatic rings. The highest BCUT2D eigenvalue weighted by Gasteiger charge is 2.18. The first-order chi connectivity index (χ1) is 8.56. The van der Waals surface area contributed by atoms with E-state index in [2.05, 4.69) is 36.8 Å². The van der Waals surface area contributed by atoms with E-state index >= 15 is 0 Å². The van der Waals surface area contributed by atoms with E-state index in [0.717, 1.165) is 10.2 Å². The molecule has 0 saturated heterocycles. The van der Waals surface area contributed by atoms with E-state index in [-0.39, 0.29) is 18.2 Å². The largest absolute Gasteiger partial charge is 0.305 e. The third-order valence-electron chi connectivity index (χ3n) is 2.43. The Morgan fingerprint density at radius 2 is 2.22 bits per heavy atom. The second-order valence-electron chi connectivity index (χ2n) is 3.81. The van der Waals surface area contributed by atoms with Crippen LogP contribution in [0.25, 0.3) is 0 Å². The van der Waals surface area contributed by atoms with Gasteiger partial charge in [0.25, 0.3) is 5.91 Å². The van der Waals surface area contributed by atoms with Gasteiger partial charge in [0.15, 0.2) is 0 Å². The van der Waals surface area contributed by atoms with Gasteiger partial charge in [-0.05, 0) is 35.0 Å². The summed E-state index contributed by atoms with van der Waals surface area (Å²) in [6.45, 7) is 1.83. The van der Waals surface area contributed by atoms with Crippen LogP contribution in [-0.2, 0) is 9.59 Å². The van der Waals surface area contributed by atoms with Gasteiger partial charge in [0.1, 0.15) is 11.5 Å². The van der Waals surface area contributed by atoms with Gasteiger partial charge in [0.2, 0.25) is 5.91 Å². The molecule has 0 saturated carbocycles. The lowest BCUT2D eigenvalue weighted by atomic mass is 10.1. The van der Waals surface area contributed by atoms with Crippen molar-refractivity contribution in [2.24, 2.45) is 5.10 Å². The Bertz CT molecular complexity index is 542. The van der Waals surface area contributed by atoms with E-state index in [4.69, 9.17) is 0 Å². The molecule has 2 heterocycles. The molecule has 6 nitrogen and oxygen atoms in total. The van der Waals surface area contributed by atoms with E-state index in [1.165, 1.54) is 0 Å². The number of aromatic nitrogens is 1. The number of nitrogens with zero attached hydrogens (tertiary/aromatic N) is 2. The lowest BCUT2D eigenvalue weighted by molar-refractivity contribution is -0.121. The molecule has 0 bridgehead atoms. The van der Waals surface area contributed by atoms with Gasteiger partial charge in [-0.3, -0.25) is 9.59 Å². The Kier molecular flexibility index (Phi) is 3.71. The minimum atomic E-state index is -0.343. The average Bonchev–Trinajstić information content (AvgIpc) is 2.34. The molecule has 94 valence electrons. The van der Waals surface area contributed by atoms with Crippen molar-refractivity contribution in [3.63, 3.8) is 0 Å². The van der Waals surface area contributed by atoms with Crippen molar-refractivity contribution in [1.29, 1.82) is 0 Å². The number of nitrogens with one attached hydrogen (secondary N) is 2. The zero-order valence-electron chi connectivity index (χ0n) is 9.66. The standard InChI is InChI=1S/C11H11BrN4O2/c1-6-7(12)2-4-9(13-6)14-11(18)8-3-5-10(17)16-15-8/h2,4H,3,5H2,1H3,(H,16,17)(H,13,14,18). The van der Waals surface area contributed by atoms with Crippen molar-refractivity contribution in [3.05, 3.63) is 22.3 Å². The van der Waals surface area contributed by atoms with Crippen LogP contribution in [-0.4, -0.2) is 22.5 Å². The number of carbonyl (C=O) groups excluding carboxylic acids is 2. The third-order valence-corrected chi connectivity index (χ3v) is 3.27. The summed E-state index contributed by atoms with van der Waals surface area (Å²) in [5.41, 5.74) is 3.37. The molecule has 0 radical (unpaired) electrons. The van der Waals surface area contributed by atoms with Gasteiger partial charge in [0.05, 0.1) is 5.69 Å². The fraction of sp³-hybridized carbons (Fsp3) is 0.273. The number of hydrogen-bond donors (Lipinski definition) is 2. The van der Waals surface area contributed by atoms with Gasteiger partial charge in [-0.2, -0.15) is 5.10 Å². The molecule has 2 N–H and O–H groups in total. The van der Waals surface area contributed by atoms with Crippen LogP contribution in [0.4, 0.5) is 5.82 Å². The molecule has 0 unspecified atom stereocenters. The SMILES string of the molecule is Cc1nc(NC(=O)C2=NNC(=O)CC2)ccc1Br. The second-order valence-corrected chi connectivity index (χ2v) is 4.67. The summed E-state index contributed by atoms with van der Waals surface area (Å²) in [5.74, 6) is -0.0614. The Hall–Kier alpha value is -1.76. The number of hydrogen-bond acceptors (Lipinski definition) is 4. The molecule has 1 aromatic heterocycles. The summed E-state index contributed by atoms with van der Waals surface area (Å²) in [6, 6.07) is 3.50. The van der Waals surface area contributed by atoms with Gasteiger partial charge in [-0.1, -0.05) is 0 Å². The maximum atomic E-state index is 11.8. The summed E-state index contributed by atoms with van der Waals surface area (Å²) in [7, 11) is 0. The Balaban J connectivity index is 2.07. The van der Waals surface area contributed by atoms with Gasteiger partial charge in [0, 0.05) is 17.3 Å². The molecule has 0 spiro atoms. The first-order valence-electron chi connectivity index (χ1n) is 5.36. The van der Waals surface area contributed by atoms with Crippen LogP contribution in [0.1, 0.15) is 18.5 Å². The monoisotopic (exact) mass is 310 g/mol. The molecule has 1 aliphatic heterocycles. The summed E-state index contributed by atoms with van der Waals surface area (Å²) in [4.78, 5) is 26.9. The van der Waals surface area contributed by atoms with Gasteiger partial charge in [-0.25, -0.2) is 10.4 Å². The number of amides is 2. The van der Waals surface area contributed by atoms with Gasteiger partial charge in [-0.15, -0.1) is 0 Å². The molecule has 0 atom stereocenters. The lowest BCUT2D eigenvalue weighted by Gasteiger charge is -2.11. The predicted octanol–water partition coefficient (Wildman–Crippen LogP) is 1.36. The molecule has 2 amide bonds. The van der Waals surface area contributed by atoms with Crippen LogP contribution in [0.2, 0.25) is 0 Å². The van der Waals surface area contributed by atoms with Crippen LogP contribution in [0.15, 0.2) is 21.7 Å². The van der Waals surface area contributed by atoms with Gasteiger partial charge < -0.3 is 5.32 Å². The Labute approximate surface area is 112 Å². The zero-order valence-corrected chi connectivity index (χ0v) is 11.2. The number of rotatable bonds is 2. The predicted molar refractivity (Wildman–Crippen MR) is 70.1 cm³/mol. The van der Waals surface area contributed by atoms with E-state index in [9.17, 15) is 9.59 Å². The molecule has 7 heteroatoms. The zero-order chi connectivity index (χ0) is 13.1. The van der Waals surface area contributed by atoms with Crippen molar-refractivity contribution in [2.75, 3.05) is 5.32 Å². The van der Waals surface area contributed by atoms with Crippen LogP contribution < -0.4 is 10.7 Å². The molecule has 0 aliphatic carbocycles. The first kappa shape index (κ1) is 12.7. The van der Waals surface area contributed by atoms with E-state index in [0.29, 0.717) is 18.0 Å². The van der Waals surface area contributed by atoms with Crippen molar-refractivity contribution in [1.82, 2.24) is 10.4 Å². The summed E-state index contributed by atoms with van der Waals surface area (Å²) >= 11 is 3.33. The number of hydrazone groups is 1. The highest BCUT2D eigenvalue weighted by molar-refractivity contribution is 9.10. The maximum absolute atomic E-state index is 11.8. The molecule has 2 rings (SSSR count). The first-order valence-corrected chi connectivity index (χ1v) is 6.15. The van der Waals surface area contributed by atoms with Crippen LogP contribution in [0, 0.1) is 6.92 Å². The van der Waals surface area contributed by atoms with Crippen LogP contribution >= 0.6 is 15.9 Å². The second kappa shape index (κ2) is 5.26. The molecule has 1 aromatic rings. The lowest BCUT2D eigenvalue weighted by Crippen LogP contribution is -2.32. The molecule has 0 fully saturated rings. The minimum absolute atomic E-state index is 0.177. The van der Waals surface area contributed by atoms with E-state index in [1.807, 2.05) is 13.0 Å². The fourth-order valence-corrected chi connectivity index (χ4v) is 1.66. The summed E-state index contributed by atoms with van der Waals surface area (Å²) < 4.78 is 0.878. The number of carbonyl (C=O) groups is 2. The molecular formula is C11H11BrN4O2. The van der Waals surface area contributed by atoms with Crippen molar-refractivity contribution in [3.8, 4) is 0 Å². The Morgan fingerprint density at radius 1 is 1.44 bits per heavy atom. The van der Waals surface area contributed by atoms with E-state index < -0.39 is 0 Å². The third kappa shape index (κ3) is 2.92. The number of pyridine rings is 1. The molecule has 0 aromatic carbocycles. The minimum Gasteiger partial charge on any atom is -0.305 e. The molecule has 18 heavy (non-hydrogen) atoms. The van der Waals surface area contributed by atoms with Crippen molar-refractivity contribution < 1.29 is 9.59 Å². The number of anilines is 1. The van der Waals surface area contributed by atoms with E-state index in [1.54, 1.807) is 6.07 Å². The number of aryl methyl sites for hydroxylation is 1. The number of halogens is 1. The highest BCUT2D eigenvalue weighted by Crippen LogP contribution is 2.16. The van der Waals surface area contributed by atoms with Crippen LogP contribution in [0.3, 0.4) is 0 Å². The summed E-state index contributed by atoms with van der Waals surface area (Å²) in [5, 5.41) is 6.36. The Morgan fingerprint density at radius 3 is 2.83 bits per heavy atom. The van der Waals surface area contributed by atoms with Crippen LogP contribution in [0.5, 0.6) is 0 Å². The smallest absolute Gasteiger partial charge is 0.273 e. The maximum Gasteiger partial charge on any atom is 0.273 e. The fourth-order valence-electron chi connectivity index (χ4n) is 1.44. The molecular weight excluding hydrogens is 300 g/mol.